The Labute approximate surface area is 159 Å². The third-order valence-electron chi connectivity index (χ3n) is 3.54. The molecule has 0 aliphatic rings. The number of rotatable bonds is 4. The molecule has 0 aliphatic carbocycles. The van der Waals surface area contributed by atoms with Crippen molar-refractivity contribution in [1.82, 2.24) is 9.78 Å². The number of para-hydroxylation sites is 1. The molecule has 0 spiro atoms. The van der Waals surface area contributed by atoms with Crippen LogP contribution in [0.4, 0.5) is 15.9 Å². The first-order chi connectivity index (χ1) is 12.0. The van der Waals surface area contributed by atoms with Gasteiger partial charge in [0, 0.05) is 6.20 Å². The number of thiocarbonyl (C=S) groups is 1. The SMILES string of the molecule is Cc1ccc(Cn2cc(Br)c(NC(=S)Nc3ccccc3F)n2)cc1. The summed E-state index contributed by atoms with van der Waals surface area (Å²) in [6.07, 6.45) is 1.87. The lowest BCUT2D eigenvalue weighted by Crippen LogP contribution is -2.20. The topological polar surface area (TPSA) is 41.9 Å². The van der Waals surface area contributed by atoms with Crippen LogP contribution in [0.25, 0.3) is 0 Å². The second-order valence-corrected chi connectivity index (χ2v) is 6.83. The molecule has 0 unspecified atom stereocenters. The van der Waals surface area contributed by atoms with Crippen molar-refractivity contribution in [2.75, 3.05) is 10.6 Å². The number of aryl methyl sites for hydroxylation is 1. The molecule has 0 atom stereocenters. The second kappa shape index (κ2) is 7.76. The number of benzene rings is 2. The van der Waals surface area contributed by atoms with Crippen LogP contribution in [0.3, 0.4) is 0 Å². The molecule has 1 aromatic heterocycles. The standard InChI is InChI=1S/C18H16BrFN4S/c1-12-6-8-13(9-7-12)10-24-11-14(19)17(23-24)22-18(25)21-16-5-3-2-4-15(16)20/h2-9,11H,10H2,1H3,(H2,21,22,23,25). The zero-order chi connectivity index (χ0) is 17.8. The predicted molar refractivity (Wildman–Crippen MR) is 106 cm³/mol. The molecule has 4 nitrogen and oxygen atoms in total. The summed E-state index contributed by atoms with van der Waals surface area (Å²) in [7, 11) is 0. The smallest absolute Gasteiger partial charge is 0.176 e. The van der Waals surface area contributed by atoms with Crippen LogP contribution in [-0.2, 0) is 6.54 Å². The van der Waals surface area contributed by atoms with Crippen LogP contribution >= 0.6 is 28.1 Å². The summed E-state index contributed by atoms with van der Waals surface area (Å²) >= 11 is 8.69. The molecule has 0 aliphatic heterocycles. The van der Waals surface area contributed by atoms with Crippen molar-refractivity contribution in [3.05, 3.63) is 76.1 Å². The minimum atomic E-state index is -0.365. The summed E-state index contributed by atoms with van der Waals surface area (Å²) in [4.78, 5) is 0. The summed E-state index contributed by atoms with van der Waals surface area (Å²) < 4.78 is 16.2. The molecule has 1 heterocycles. The molecule has 2 N–H and O–H groups in total. The van der Waals surface area contributed by atoms with E-state index >= 15 is 0 Å². The lowest BCUT2D eigenvalue weighted by atomic mass is 10.1. The fourth-order valence-corrected chi connectivity index (χ4v) is 2.89. The van der Waals surface area contributed by atoms with Crippen molar-refractivity contribution in [2.45, 2.75) is 13.5 Å². The van der Waals surface area contributed by atoms with E-state index in [2.05, 4.69) is 62.9 Å². The van der Waals surface area contributed by atoms with E-state index in [1.54, 1.807) is 18.2 Å². The van der Waals surface area contributed by atoms with Gasteiger partial charge in [-0.1, -0.05) is 42.0 Å². The highest BCUT2D eigenvalue weighted by Crippen LogP contribution is 2.21. The highest BCUT2D eigenvalue weighted by molar-refractivity contribution is 9.10. The highest BCUT2D eigenvalue weighted by atomic mass is 79.9. The van der Waals surface area contributed by atoms with Crippen LogP contribution in [0.5, 0.6) is 0 Å². The van der Waals surface area contributed by atoms with Gasteiger partial charge in [0.2, 0.25) is 0 Å². The molecule has 3 aromatic rings. The summed E-state index contributed by atoms with van der Waals surface area (Å²) in [5, 5.41) is 10.5. The van der Waals surface area contributed by atoms with E-state index in [4.69, 9.17) is 12.2 Å². The molecule has 128 valence electrons. The molecule has 0 amide bonds. The van der Waals surface area contributed by atoms with Crippen LogP contribution in [0, 0.1) is 12.7 Å². The van der Waals surface area contributed by atoms with Gasteiger partial charge in [-0.2, -0.15) is 5.10 Å². The lowest BCUT2D eigenvalue weighted by molar-refractivity contribution is 0.632. The van der Waals surface area contributed by atoms with Crippen LogP contribution < -0.4 is 10.6 Å². The lowest BCUT2D eigenvalue weighted by Gasteiger charge is -2.09. The molecular weight excluding hydrogens is 403 g/mol. The van der Waals surface area contributed by atoms with Crippen molar-refractivity contribution in [1.29, 1.82) is 0 Å². The van der Waals surface area contributed by atoms with Gasteiger partial charge in [-0.25, -0.2) is 4.39 Å². The molecule has 0 radical (unpaired) electrons. The highest BCUT2D eigenvalue weighted by Gasteiger charge is 2.10. The predicted octanol–water partition coefficient (Wildman–Crippen LogP) is 4.95. The first-order valence-corrected chi connectivity index (χ1v) is 8.82. The molecular formula is C18H16BrFN4S. The molecule has 0 fully saturated rings. The molecule has 3 rings (SSSR count). The Bertz CT molecular complexity index is 892. The van der Waals surface area contributed by atoms with E-state index in [9.17, 15) is 4.39 Å². The Kier molecular flexibility index (Phi) is 5.45. The second-order valence-electron chi connectivity index (χ2n) is 5.57. The normalized spacial score (nSPS) is 10.5. The maximum absolute atomic E-state index is 13.7. The van der Waals surface area contributed by atoms with Crippen molar-refractivity contribution in [3.8, 4) is 0 Å². The van der Waals surface area contributed by atoms with E-state index in [0.29, 0.717) is 18.1 Å². The Morgan fingerprint density at radius 1 is 1.16 bits per heavy atom. The zero-order valence-electron chi connectivity index (χ0n) is 13.5. The number of hydrogen-bond donors (Lipinski definition) is 2. The molecule has 0 bridgehead atoms. The van der Waals surface area contributed by atoms with Gasteiger partial charge in [-0.15, -0.1) is 0 Å². The Morgan fingerprint density at radius 3 is 2.60 bits per heavy atom. The van der Waals surface area contributed by atoms with Crippen molar-refractivity contribution in [2.24, 2.45) is 0 Å². The largest absolute Gasteiger partial charge is 0.330 e. The van der Waals surface area contributed by atoms with E-state index in [1.165, 1.54) is 11.6 Å². The van der Waals surface area contributed by atoms with Crippen LogP contribution in [0.1, 0.15) is 11.1 Å². The van der Waals surface area contributed by atoms with Gasteiger partial charge < -0.3 is 10.6 Å². The molecule has 0 saturated carbocycles. The number of aromatic nitrogens is 2. The van der Waals surface area contributed by atoms with Crippen LogP contribution in [0.2, 0.25) is 0 Å². The van der Waals surface area contributed by atoms with E-state index in [1.807, 2.05) is 10.9 Å². The molecule has 2 aromatic carbocycles. The monoisotopic (exact) mass is 418 g/mol. The number of hydrogen-bond acceptors (Lipinski definition) is 2. The molecule has 7 heteroatoms. The summed E-state index contributed by atoms with van der Waals surface area (Å²) in [5.41, 5.74) is 2.69. The van der Waals surface area contributed by atoms with E-state index in [-0.39, 0.29) is 10.9 Å². The number of nitrogens with one attached hydrogen (secondary N) is 2. The quantitative estimate of drug-likeness (QED) is 0.588. The van der Waals surface area contributed by atoms with Gasteiger partial charge in [-0.3, -0.25) is 4.68 Å². The van der Waals surface area contributed by atoms with Gasteiger partial charge in [0.15, 0.2) is 10.9 Å². The van der Waals surface area contributed by atoms with Gasteiger partial charge in [0.05, 0.1) is 16.7 Å². The van der Waals surface area contributed by atoms with E-state index in [0.717, 1.165) is 10.0 Å². The van der Waals surface area contributed by atoms with Crippen LogP contribution in [0.15, 0.2) is 59.2 Å². The van der Waals surface area contributed by atoms with Crippen molar-refractivity contribution < 1.29 is 4.39 Å². The summed E-state index contributed by atoms with van der Waals surface area (Å²) in [6, 6.07) is 14.6. The first kappa shape index (κ1) is 17.6. The number of nitrogens with zero attached hydrogens (tertiary/aromatic N) is 2. The van der Waals surface area contributed by atoms with Gasteiger partial charge >= 0.3 is 0 Å². The third kappa shape index (κ3) is 4.64. The Hall–Kier alpha value is -2.25. The average Bonchev–Trinajstić information content (AvgIpc) is 2.91. The van der Waals surface area contributed by atoms with Gasteiger partial charge in [-0.05, 0) is 52.8 Å². The van der Waals surface area contributed by atoms with Gasteiger partial charge in [0.1, 0.15) is 5.82 Å². The summed E-state index contributed by atoms with van der Waals surface area (Å²) in [5.74, 6) is 0.205. The Balaban J connectivity index is 1.67. The minimum Gasteiger partial charge on any atom is -0.330 e. The average molecular weight is 419 g/mol. The van der Waals surface area contributed by atoms with Crippen molar-refractivity contribution in [3.63, 3.8) is 0 Å². The minimum absolute atomic E-state index is 0.270. The molecule has 25 heavy (non-hydrogen) atoms. The fourth-order valence-electron chi connectivity index (χ4n) is 2.27. The first-order valence-electron chi connectivity index (χ1n) is 7.62. The van der Waals surface area contributed by atoms with Crippen molar-refractivity contribution >= 4 is 44.8 Å². The molecule has 0 saturated heterocycles. The maximum Gasteiger partial charge on any atom is 0.176 e. The summed E-state index contributed by atoms with van der Waals surface area (Å²) in [6.45, 7) is 2.70. The van der Waals surface area contributed by atoms with Crippen LogP contribution in [-0.4, -0.2) is 14.9 Å². The number of halogens is 2. The maximum atomic E-state index is 13.7. The Morgan fingerprint density at radius 2 is 1.88 bits per heavy atom. The zero-order valence-corrected chi connectivity index (χ0v) is 15.9. The van der Waals surface area contributed by atoms with E-state index < -0.39 is 0 Å². The number of anilines is 2. The van der Waals surface area contributed by atoms with Gasteiger partial charge in [0.25, 0.3) is 0 Å². The third-order valence-corrected chi connectivity index (χ3v) is 4.32. The fraction of sp³-hybridized carbons (Fsp3) is 0.111.